The lowest BCUT2D eigenvalue weighted by Crippen LogP contribution is -2.03. The van der Waals surface area contributed by atoms with Crippen LogP contribution in [-0.4, -0.2) is 4.98 Å². The summed E-state index contributed by atoms with van der Waals surface area (Å²) in [5.74, 6) is -8.51. The van der Waals surface area contributed by atoms with Crippen molar-refractivity contribution in [3.63, 3.8) is 0 Å². The molecule has 0 spiro atoms. The van der Waals surface area contributed by atoms with E-state index in [-0.39, 0.29) is 11.3 Å². The van der Waals surface area contributed by atoms with E-state index in [4.69, 9.17) is 10.00 Å². The van der Waals surface area contributed by atoms with Crippen molar-refractivity contribution in [3.05, 3.63) is 53.4 Å². The molecular weight excluding hydrogens is 264 g/mol. The van der Waals surface area contributed by atoms with Crippen molar-refractivity contribution in [1.29, 1.82) is 5.26 Å². The van der Waals surface area contributed by atoms with Gasteiger partial charge in [-0.3, -0.25) is 0 Å². The number of aromatic nitrogens is 1. The molecular formula is C12H4F4N2O. The second-order valence-electron chi connectivity index (χ2n) is 3.39. The average Bonchev–Trinajstić information content (AvgIpc) is 2.41. The first kappa shape index (κ1) is 12.8. The van der Waals surface area contributed by atoms with E-state index < -0.39 is 29.3 Å². The van der Waals surface area contributed by atoms with E-state index in [1.54, 1.807) is 6.07 Å². The van der Waals surface area contributed by atoms with Crippen LogP contribution in [-0.2, 0) is 0 Å². The van der Waals surface area contributed by atoms with Crippen molar-refractivity contribution >= 4 is 0 Å². The molecule has 2 rings (SSSR count). The third kappa shape index (κ3) is 2.47. The molecule has 0 unspecified atom stereocenters. The van der Waals surface area contributed by atoms with Crippen LogP contribution in [0, 0.1) is 34.9 Å². The van der Waals surface area contributed by atoms with E-state index >= 15 is 0 Å². The lowest BCUT2D eigenvalue weighted by atomic mass is 10.2. The zero-order valence-electron chi connectivity index (χ0n) is 9.12. The minimum atomic E-state index is -1.81. The fourth-order valence-electron chi connectivity index (χ4n) is 1.30. The fraction of sp³-hybridized carbons (Fsp3) is 0. The Morgan fingerprint density at radius 1 is 1.05 bits per heavy atom. The lowest BCUT2D eigenvalue weighted by Gasteiger charge is -2.08. The van der Waals surface area contributed by atoms with Crippen LogP contribution in [0.1, 0.15) is 5.56 Å². The quantitative estimate of drug-likeness (QED) is 0.620. The molecule has 0 radical (unpaired) electrons. The molecule has 1 heterocycles. The molecule has 19 heavy (non-hydrogen) atoms. The summed E-state index contributed by atoms with van der Waals surface area (Å²) in [4.78, 5) is 2.39. The first-order valence-electron chi connectivity index (χ1n) is 4.91. The van der Waals surface area contributed by atoms with Crippen LogP contribution in [0.15, 0.2) is 24.3 Å². The minimum absolute atomic E-state index is 0.137. The third-order valence-electron chi connectivity index (χ3n) is 2.14. The predicted octanol–water partition coefficient (Wildman–Crippen LogP) is 3.30. The Labute approximate surface area is 104 Å². The van der Waals surface area contributed by atoms with Crippen molar-refractivity contribution in [2.24, 2.45) is 0 Å². The van der Waals surface area contributed by atoms with Crippen molar-refractivity contribution in [2.45, 2.75) is 0 Å². The Morgan fingerprint density at radius 3 is 2.26 bits per heavy atom. The van der Waals surface area contributed by atoms with E-state index in [1.165, 1.54) is 18.2 Å². The summed E-state index contributed by atoms with van der Waals surface area (Å²) in [6, 6.07) is 7.02. The van der Waals surface area contributed by atoms with Crippen LogP contribution in [0.5, 0.6) is 11.5 Å². The number of nitrogens with zero attached hydrogens (tertiary/aromatic N) is 2. The number of halogens is 4. The number of hydrogen-bond acceptors (Lipinski definition) is 3. The largest absolute Gasteiger partial charge is 0.451 e. The van der Waals surface area contributed by atoms with Gasteiger partial charge in [0.1, 0.15) is 5.75 Å². The SMILES string of the molecule is N#Cc1cccc(Oc2c(F)c(F)nc(F)c2F)c1. The van der Waals surface area contributed by atoms with E-state index in [9.17, 15) is 17.6 Å². The van der Waals surface area contributed by atoms with Crippen molar-refractivity contribution < 1.29 is 22.3 Å². The van der Waals surface area contributed by atoms with Gasteiger partial charge in [0.15, 0.2) is 0 Å². The van der Waals surface area contributed by atoms with Gasteiger partial charge in [0, 0.05) is 0 Å². The lowest BCUT2D eigenvalue weighted by molar-refractivity contribution is 0.343. The molecule has 3 nitrogen and oxygen atoms in total. The first-order valence-corrected chi connectivity index (χ1v) is 4.91. The van der Waals surface area contributed by atoms with Crippen molar-refractivity contribution in [1.82, 2.24) is 4.98 Å². The van der Waals surface area contributed by atoms with Gasteiger partial charge in [-0.2, -0.15) is 27.8 Å². The number of benzene rings is 1. The second-order valence-corrected chi connectivity index (χ2v) is 3.39. The van der Waals surface area contributed by atoms with Gasteiger partial charge in [0.05, 0.1) is 11.6 Å². The maximum Gasteiger partial charge on any atom is 0.255 e. The molecule has 0 bridgehead atoms. The van der Waals surface area contributed by atoms with Crippen LogP contribution < -0.4 is 4.74 Å². The fourth-order valence-corrected chi connectivity index (χ4v) is 1.30. The highest BCUT2D eigenvalue weighted by molar-refractivity contribution is 5.39. The molecule has 0 atom stereocenters. The molecule has 96 valence electrons. The van der Waals surface area contributed by atoms with Crippen LogP contribution >= 0.6 is 0 Å². The topological polar surface area (TPSA) is 45.9 Å². The molecule has 1 aromatic carbocycles. The Bertz CT molecular complexity index is 656. The predicted molar refractivity (Wildman–Crippen MR) is 55.3 cm³/mol. The Morgan fingerprint density at radius 2 is 1.68 bits per heavy atom. The van der Waals surface area contributed by atoms with Crippen LogP contribution in [0.25, 0.3) is 0 Å². The summed E-state index contributed by atoms with van der Waals surface area (Å²) in [5.41, 5.74) is 0.160. The summed E-state index contributed by atoms with van der Waals surface area (Å²) in [6.07, 6.45) is 0. The molecule has 0 amide bonds. The highest BCUT2D eigenvalue weighted by atomic mass is 19.2. The molecule has 0 aliphatic heterocycles. The Balaban J connectivity index is 2.46. The van der Waals surface area contributed by atoms with E-state index in [0.717, 1.165) is 6.07 Å². The molecule has 7 heteroatoms. The van der Waals surface area contributed by atoms with Crippen molar-refractivity contribution in [3.8, 4) is 17.6 Å². The maximum atomic E-state index is 13.3. The molecule has 0 saturated heterocycles. The van der Waals surface area contributed by atoms with Crippen LogP contribution in [0.3, 0.4) is 0 Å². The number of hydrogen-bond donors (Lipinski definition) is 0. The summed E-state index contributed by atoms with van der Waals surface area (Å²) in [7, 11) is 0. The van der Waals surface area contributed by atoms with E-state index in [2.05, 4.69) is 4.98 Å². The van der Waals surface area contributed by atoms with Gasteiger partial charge in [-0.05, 0) is 18.2 Å². The molecule has 0 aliphatic carbocycles. The number of nitriles is 1. The van der Waals surface area contributed by atoms with Gasteiger partial charge >= 0.3 is 0 Å². The van der Waals surface area contributed by atoms with E-state index in [0.29, 0.717) is 0 Å². The Hall–Kier alpha value is -2.62. The van der Waals surface area contributed by atoms with Gasteiger partial charge in [-0.1, -0.05) is 6.07 Å². The third-order valence-corrected chi connectivity index (χ3v) is 2.14. The minimum Gasteiger partial charge on any atom is -0.451 e. The highest BCUT2D eigenvalue weighted by Gasteiger charge is 2.22. The monoisotopic (exact) mass is 268 g/mol. The molecule has 0 N–H and O–H groups in total. The Kier molecular flexibility index (Phi) is 3.33. The molecule has 0 saturated carbocycles. The summed E-state index contributed by atoms with van der Waals surface area (Å²) < 4.78 is 57.0. The molecule has 2 aromatic rings. The number of ether oxygens (including phenoxy) is 1. The van der Waals surface area contributed by atoms with Crippen molar-refractivity contribution in [2.75, 3.05) is 0 Å². The number of rotatable bonds is 2. The molecule has 0 fully saturated rings. The summed E-state index contributed by atoms with van der Waals surface area (Å²) in [6.45, 7) is 0. The summed E-state index contributed by atoms with van der Waals surface area (Å²) in [5, 5.41) is 8.64. The second kappa shape index (κ2) is 4.94. The van der Waals surface area contributed by atoms with Crippen LogP contribution in [0.2, 0.25) is 0 Å². The van der Waals surface area contributed by atoms with Gasteiger partial charge < -0.3 is 4.74 Å². The first-order chi connectivity index (χ1) is 9.02. The average molecular weight is 268 g/mol. The van der Waals surface area contributed by atoms with Gasteiger partial charge in [-0.25, -0.2) is 0 Å². The maximum absolute atomic E-state index is 13.3. The molecule has 0 aliphatic rings. The summed E-state index contributed by atoms with van der Waals surface area (Å²) >= 11 is 0. The number of pyridine rings is 1. The van der Waals surface area contributed by atoms with Crippen LogP contribution in [0.4, 0.5) is 17.6 Å². The van der Waals surface area contributed by atoms with Gasteiger partial charge in [-0.15, -0.1) is 0 Å². The smallest absolute Gasteiger partial charge is 0.255 e. The zero-order chi connectivity index (χ0) is 14.0. The standard InChI is InChI=1S/C12H4F4N2O/c13-8-10(9(14)12(16)18-11(8)15)19-7-3-1-2-6(4-7)5-17/h1-4H. The normalized spacial score (nSPS) is 10.1. The van der Waals surface area contributed by atoms with Gasteiger partial charge in [0.25, 0.3) is 11.9 Å². The van der Waals surface area contributed by atoms with Gasteiger partial charge in [0.2, 0.25) is 17.4 Å². The van der Waals surface area contributed by atoms with E-state index in [1.807, 2.05) is 0 Å². The molecule has 1 aromatic heterocycles. The highest BCUT2D eigenvalue weighted by Crippen LogP contribution is 2.29. The zero-order valence-corrected chi connectivity index (χ0v) is 9.12.